The standard InChI is InChI=1S/C13H22N2O/c1-10(16)6-5-9-15-11(2)14-12-7-3-4-8-13(12)15/h10,16H,3-9H2,1-2H3. The van der Waals surface area contributed by atoms with Gasteiger partial charge < -0.3 is 9.67 Å². The molecule has 1 N–H and O–H groups in total. The van der Waals surface area contributed by atoms with Crippen molar-refractivity contribution in [3.8, 4) is 0 Å². The number of aromatic nitrogens is 2. The van der Waals surface area contributed by atoms with Crippen LogP contribution in [0.15, 0.2) is 0 Å². The molecule has 1 heterocycles. The minimum Gasteiger partial charge on any atom is -0.393 e. The Kier molecular flexibility index (Phi) is 3.64. The van der Waals surface area contributed by atoms with Gasteiger partial charge >= 0.3 is 0 Å². The van der Waals surface area contributed by atoms with Gasteiger partial charge in [-0.25, -0.2) is 4.98 Å². The summed E-state index contributed by atoms with van der Waals surface area (Å²) < 4.78 is 2.36. The lowest BCUT2D eigenvalue weighted by atomic mass is 10.0. The second-order valence-electron chi connectivity index (χ2n) is 4.90. The minimum absolute atomic E-state index is 0.181. The van der Waals surface area contributed by atoms with E-state index in [1.165, 1.54) is 30.7 Å². The molecule has 0 saturated carbocycles. The number of hydrogen-bond donors (Lipinski definition) is 1. The highest BCUT2D eigenvalue weighted by Crippen LogP contribution is 2.22. The first-order valence-electron chi connectivity index (χ1n) is 6.41. The fourth-order valence-electron chi connectivity index (χ4n) is 2.58. The summed E-state index contributed by atoms with van der Waals surface area (Å²) in [7, 11) is 0. The van der Waals surface area contributed by atoms with Crippen LogP contribution in [0.25, 0.3) is 0 Å². The number of rotatable bonds is 4. The lowest BCUT2D eigenvalue weighted by Crippen LogP contribution is -2.11. The van der Waals surface area contributed by atoms with Crippen LogP contribution in [0, 0.1) is 6.92 Å². The quantitative estimate of drug-likeness (QED) is 0.848. The maximum absolute atomic E-state index is 9.26. The van der Waals surface area contributed by atoms with Crippen LogP contribution < -0.4 is 0 Å². The Bertz CT molecular complexity index is 355. The number of fused-ring (bicyclic) bond motifs is 1. The average Bonchev–Trinajstić information content (AvgIpc) is 2.55. The molecule has 1 aromatic rings. The van der Waals surface area contributed by atoms with Gasteiger partial charge in [-0.15, -0.1) is 0 Å². The van der Waals surface area contributed by atoms with Crippen molar-refractivity contribution >= 4 is 0 Å². The second kappa shape index (κ2) is 5.00. The van der Waals surface area contributed by atoms with Crippen LogP contribution in [-0.2, 0) is 19.4 Å². The van der Waals surface area contributed by atoms with E-state index in [4.69, 9.17) is 0 Å². The van der Waals surface area contributed by atoms with E-state index in [1.54, 1.807) is 0 Å². The fraction of sp³-hybridized carbons (Fsp3) is 0.769. The Labute approximate surface area is 97.5 Å². The highest BCUT2D eigenvalue weighted by Gasteiger charge is 2.17. The average molecular weight is 222 g/mol. The van der Waals surface area contributed by atoms with Gasteiger partial charge in [0.15, 0.2) is 0 Å². The molecule has 0 aliphatic heterocycles. The van der Waals surface area contributed by atoms with Gasteiger partial charge in [0, 0.05) is 12.2 Å². The van der Waals surface area contributed by atoms with Crippen LogP contribution in [0.3, 0.4) is 0 Å². The van der Waals surface area contributed by atoms with E-state index in [1.807, 2.05) is 6.92 Å². The van der Waals surface area contributed by atoms with E-state index in [-0.39, 0.29) is 6.10 Å². The normalized spacial score (nSPS) is 17.2. The van der Waals surface area contributed by atoms with Gasteiger partial charge in [0.1, 0.15) is 5.82 Å². The number of aliphatic hydroxyl groups is 1. The summed E-state index contributed by atoms with van der Waals surface area (Å²) in [6.07, 6.45) is 6.67. The van der Waals surface area contributed by atoms with E-state index >= 15 is 0 Å². The van der Waals surface area contributed by atoms with Crippen LogP contribution >= 0.6 is 0 Å². The third kappa shape index (κ3) is 2.46. The van der Waals surface area contributed by atoms with Crippen LogP contribution in [0.1, 0.15) is 49.8 Å². The van der Waals surface area contributed by atoms with E-state index in [2.05, 4.69) is 16.5 Å². The molecule has 3 nitrogen and oxygen atoms in total. The highest BCUT2D eigenvalue weighted by atomic mass is 16.3. The molecule has 1 aliphatic rings. The molecule has 0 saturated heterocycles. The Hall–Kier alpha value is -0.830. The lowest BCUT2D eigenvalue weighted by Gasteiger charge is -2.15. The Morgan fingerprint density at radius 3 is 2.88 bits per heavy atom. The van der Waals surface area contributed by atoms with E-state index < -0.39 is 0 Å². The summed E-state index contributed by atoms with van der Waals surface area (Å²) in [6, 6.07) is 0. The topological polar surface area (TPSA) is 38.0 Å². The molecule has 1 aromatic heterocycles. The van der Waals surface area contributed by atoms with Crippen LogP contribution in [-0.4, -0.2) is 20.8 Å². The molecule has 1 aliphatic carbocycles. The summed E-state index contributed by atoms with van der Waals surface area (Å²) in [5.74, 6) is 1.15. The predicted octanol–water partition coefficient (Wildman–Crippen LogP) is 2.23. The van der Waals surface area contributed by atoms with Crippen molar-refractivity contribution < 1.29 is 5.11 Å². The number of aliphatic hydroxyl groups excluding tert-OH is 1. The van der Waals surface area contributed by atoms with Gasteiger partial charge in [0.25, 0.3) is 0 Å². The summed E-state index contributed by atoms with van der Waals surface area (Å²) in [4.78, 5) is 4.65. The molecule has 2 rings (SSSR count). The molecule has 0 bridgehead atoms. The molecule has 0 fully saturated rings. The zero-order valence-electron chi connectivity index (χ0n) is 10.4. The van der Waals surface area contributed by atoms with Gasteiger partial charge in [-0.05, 0) is 52.4 Å². The number of imidazole rings is 1. The van der Waals surface area contributed by atoms with Crippen molar-refractivity contribution in [1.82, 2.24) is 9.55 Å². The molecule has 1 unspecified atom stereocenters. The molecule has 1 atom stereocenters. The smallest absolute Gasteiger partial charge is 0.106 e. The zero-order chi connectivity index (χ0) is 11.5. The van der Waals surface area contributed by atoms with Gasteiger partial charge in [0.2, 0.25) is 0 Å². The second-order valence-corrected chi connectivity index (χ2v) is 4.90. The molecular formula is C13H22N2O. The van der Waals surface area contributed by atoms with E-state index in [0.717, 1.165) is 31.6 Å². The number of aryl methyl sites for hydroxylation is 2. The first kappa shape index (κ1) is 11.6. The monoisotopic (exact) mass is 222 g/mol. The van der Waals surface area contributed by atoms with Crippen molar-refractivity contribution in [2.45, 2.75) is 65.0 Å². The number of hydrogen-bond acceptors (Lipinski definition) is 2. The molecule has 90 valence electrons. The molecule has 0 aromatic carbocycles. The van der Waals surface area contributed by atoms with E-state index in [9.17, 15) is 5.11 Å². The van der Waals surface area contributed by atoms with Gasteiger partial charge in [-0.1, -0.05) is 0 Å². The van der Waals surface area contributed by atoms with Gasteiger partial charge in [0.05, 0.1) is 11.8 Å². The predicted molar refractivity (Wildman–Crippen MR) is 64.5 cm³/mol. The maximum Gasteiger partial charge on any atom is 0.106 e. The molecule has 3 heteroatoms. The van der Waals surface area contributed by atoms with Gasteiger partial charge in [-0.3, -0.25) is 0 Å². The van der Waals surface area contributed by atoms with Crippen molar-refractivity contribution in [3.05, 3.63) is 17.2 Å². The Morgan fingerprint density at radius 1 is 1.38 bits per heavy atom. The van der Waals surface area contributed by atoms with Gasteiger partial charge in [-0.2, -0.15) is 0 Å². The van der Waals surface area contributed by atoms with Crippen LogP contribution in [0.4, 0.5) is 0 Å². The molecule has 0 spiro atoms. The van der Waals surface area contributed by atoms with Crippen molar-refractivity contribution in [2.75, 3.05) is 0 Å². The first-order chi connectivity index (χ1) is 7.68. The van der Waals surface area contributed by atoms with E-state index in [0.29, 0.717) is 0 Å². The summed E-state index contributed by atoms with van der Waals surface area (Å²) in [6.45, 7) is 4.97. The first-order valence-corrected chi connectivity index (χ1v) is 6.41. The largest absolute Gasteiger partial charge is 0.393 e. The van der Waals surface area contributed by atoms with Crippen molar-refractivity contribution in [2.24, 2.45) is 0 Å². The summed E-state index contributed by atoms with van der Waals surface area (Å²) >= 11 is 0. The Morgan fingerprint density at radius 2 is 2.12 bits per heavy atom. The summed E-state index contributed by atoms with van der Waals surface area (Å²) in [5.41, 5.74) is 2.77. The van der Waals surface area contributed by atoms with Crippen LogP contribution in [0.5, 0.6) is 0 Å². The van der Waals surface area contributed by atoms with Crippen molar-refractivity contribution in [1.29, 1.82) is 0 Å². The van der Waals surface area contributed by atoms with Crippen molar-refractivity contribution in [3.63, 3.8) is 0 Å². The SMILES string of the molecule is Cc1nc2c(n1CCCC(C)O)CCCC2. The molecular weight excluding hydrogens is 200 g/mol. The van der Waals surface area contributed by atoms with Crippen LogP contribution in [0.2, 0.25) is 0 Å². The maximum atomic E-state index is 9.26. The minimum atomic E-state index is -0.181. The zero-order valence-corrected chi connectivity index (χ0v) is 10.4. The fourth-order valence-corrected chi connectivity index (χ4v) is 2.58. The molecule has 0 radical (unpaired) electrons. The Balaban J connectivity index is 2.05. The molecule has 0 amide bonds. The third-order valence-corrected chi connectivity index (χ3v) is 3.43. The highest BCUT2D eigenvalue weighted by molar-refractivity contribution is 5.19. The third-order valence-electron chi connectivity index (χ3n) is 3.43. The summed E-state index contributed by atoms with van der Waals surface area (Å²) in [5, 5.41) is 9.26. The number of nitrogens with zero attached hydrogens (tertiary/aromatic N) is 2. The molecule has 16 heavy (non-hydrogen) atoms. The lowest BCUT2D eigenvalue weighted by molar-refractivity contribution is 0.179.